The van der Waals surface area contributed by atoms with Gasteiger partial charge in [0.25, 0.3) is 0 Å². The van der Waals surface area contributed by atoms with Crippen LogP contribution in [0, 0.1) is 5.82 Å². The number of rotatable bonds is 3. The number of halogens is 1. The molecule has 0 radical (unpaired) electrons. The molecule has 1 aliphatic rings. The summed E-state index contributed by atoms with van der Waals surface area (Å²) in [6, 6.07) is 5.02. The lowest BCUT2D eigenvalue weighted by Gasteiger charge is -2.24. The van der Waals surface area contributed by atoms with Crippen LogP contribution in [0.1, 0.15) is 12.8 Å². The molecule has 1 heterocycles. The number of ether oxygens (including phenoxy) is 2. The number of methoxy groups -OCH3 is 1. The van der Waals surface area contributed by atoms with E-state index in [0.29, 0.717) is 11.8 Å². The van der Waals surface area contributed by atoms with Crippen LogP contribution in [0.4, 0.5) is 10.1 Å². The Morgan fingerprint density at radius 1 is 1.31 bits per heavy atom. The lowest BCUT2D eigenvalue weighted by Crippen LogP contribution is -2.27. The summed E-state index contributed by atoms with van der Waals surface area (Å²) < 4.78 is 23.5. The molecular formula is C12H16FNO2. The summed E-state index contributed by atoms with van der Waals surface area (Å²) in [7, 11) is 1.53. The Kier molecular flexibility index (Phi) is 3.62. The van der Waals surface area contributed by atoms with E-state index in [2.05, 4.69) is 5.32 Å². The average Bonchev–Trinajstić information content (AvgIpc) is 2.29. The first kappa shape index (κ1) is 11.2. The van der Waals surface area contributed by atoms with Gasteiger partial charge in [0.1, 0.15) is 11.6 Å². The Labute approximate surface area is 94.6 Å². The van der Waals surface area contributed by atoms with Gasteiger partial charge in [0, 0.05) is 37.1 Å². The minimum Gasteiger partial charge on any atom is -0.497 e. The van der Waals surface area contributed by atoms with Gasteiger partial charge in [-0.3, -0.25) is 0 Å². The second kappa shape index (κ2) is 5.16. The van der Waals surface area contributed by atoms with Crippen molar-refractivity contribution in [2.75, 3.05) is 25.6 Å². The number of benzene rings is 1. The molecule has 2 rings (SSSR count). The summed E-state index contributed by atoms with van der Waals surface area (Å²) in [5.41, 5.74) is 0.767. The van der Waals surface area contributed by atoms with E-state index in [0.717, 1.165) is 31.7 Å². The second-order valence-corrected chi connectivity index (χ2v) is 3.91. The molecule has 0 amide bonds. The Bertz CT molecular complexity index is 351. The van der Waals surface area contributed by atoms with Gasteiger partial charge in [0.15, 0.2) is 0 Å². The fraction of sp³-hybridized carbons (Fsp3) is 0.500. The number of nitrogens with one attached hydrogen (secondary N) is 1. The third kappa shape index (κ3) is 2.85. The maximum atomic E-state index is 13.2. The SMILES string of the molecule is COc1cc(F)cc(NC2CCOCC2)c1. The number of anilines is 1. The van der Waals surface area contributed by atoms with Gasteiger partial charge in [0.05, 0.1) is 7.11 Å². The van der Waals surface area contributed by atoms with Crippen molar-refractivity contribution < 1.29 is 13.9 Å². The molecule has 4 heteroatoms. The van der Waals surface area contributed by atoms with Crippen molar-refractivity contribution in [2.24, 2.45) is 0 Å². The smallest absolute Gasteiger partial charge is 0.128 e. The summed E-state index contributed by atoms with van der Waals surface area (Å²) >= 11 is 0. The fourth-order valence-electron chi connectivity index (χ4n) is 1.84. The van der Waals surface area contributed by atoms with E-state index in [1.165, 1.54) is 19.2 Å². The van der Waals surface area contributed by atoms with Crippen LogP contribution in [0.3, 0.4) is 0 Å². The summed E-state index contributed by atoms with van der Waals surface area (Å²) in [4.78, 5) is 0. The Morgan fingerprint density at radius 2 is 2.06 bits per heavy atom. The molecule has 0 unspecified atom stereocenters. The number of hydrogen-bond acceptors (Lipinski definition) is 3. The van der Waals surface area contributed by atoms with Gasteiger partial charge >= 0.3 is 0 Å². The first-order chi connectivity index (χ1) is 7.78. The van der Waals surface area contributed by atoms with Crippen LogP contribution in [0.2, 0.25) is 0 Å². The van der Waals surface area contributed by atoms with Crippen molar-refractivity contribution in [3.63, 3.8) is 0 Å². The monoisotopic (exact) mass is 225 g/mol. The van der Waals surface area contributed by atoms with Crippen LogP contribution in [0.15, 0.2) is 18.2 Å². The quantitative estimate of drug-likeness (QED) is 0.857. The standard InChI is InChI=1S/C12H16FNO2/c1-15-12-7-9(13)6-11(8-12)14-10-2-4-16-5-3-10/h6-8,10,14H,2-5H2,1H3. The summed E-state index contributed by atoms with van der Waals surface area (Å²) in [6.07, 6.45) is 1.91. The third-order valence-corrected chi connectivity index (χ3v) is 2.70. The zero-order chi connectivity index (χ0) is 11.4. The van der Waals surface area contributed by atoms with Crippen molar-refractivity contribution in [1.82, 2.24) is 0 Å². The average molecular weight is 225 g/mol. The Morgan fingerprint density at radius 3 is 2.75 bits per heavy atom. The van der Waals surface area contributed by atoms with Crippen molar-refractivity contribution in [3.8, 4) is 5.75 Å². The normalized spacial score (nSPS) is 17.1. The summed E-state index contributed by atoms with van der Waals surface area (Å²) in [5.74, 6) is 0.253. The van der Waals surface area contributed by atoms with Gasteiger partial charge in [-0.15, -0.1) is 0 Å². The first-order valence-corrected chi connectivity index (χ1v) is 5.47. The summed E-state index contributed by atoms with van der Waals surface area (Å²) in [5, 5.41) is 3.30. The van der Waals surface area contributed by atoms with Crippen LogP contribution < -0.4 is 10.1 Å². The van der Waals surface area contributed by atoms with Crippen molar-refractivity contribution >= 4 is 5.69 Å². The molecule has 1 fully saturated rings. The highest BCUT2D eigenvalue weighted by atomic mass is 19.1. The molecule has 88 valence electrons. The van der Waals surface area contributed by atoms with Gasteiger partial charge in [-0.2, -0.15) is 0 Å². The van der Waals surface area contributed by atoms with Crippen molar-refractivity contribution in [3.05, 3.63) is 24.0 Å². The van der Waals surface area contributed by atoms with Crippen LogP contribution in [-0.2, 0) is 4.74 Å². The van der Waals surface area contributed by atoms with Crippen molar-refractivity contribution in [2.45, 2.75) is 18.9 Å². The van der Waals surface area contributed by atoms with E-state index in [-0.39, 0.29) is 5.82 Å². The zero-order valence-electron chi connectivity index (χ0n) is 9.33. The highest BCUT2D eigenvalue weighted by molar-refractivity contribution is 5.49. The van der Waals surface area contributed by atoms with E-state index in [1.54, 1.807) is 6.07 Å². The fourth-order valence-corrected chi connectivity index (χ4v) is 1.84. The van der Waals surface area contributed by atoms with Gasteiger partial charge in [-0.1, -0.05) is 0 Å². The molecule has 0 spiro atoms. The highest BCUT2D eigenvalue weighted by Gasteiger charge is 2.13. The molecule has 0 atom stereocenters. The number of hydrogen-bond donors (Lipinski definition) is 1. The molecule has 0 aromatic heterocycles. The molecule has 0 aliphatic carbocycles. The van der Waals surface area contributed by atoms with E-state index < -0.39 is 0 Å². The first-order valence-electron chi connectivity index (χ1n) is 5.47. The molecule has 1 aromatic carbocycles. The molecule has 0 saturated carbocycles. The maximum absolute atomic E-state index is 13.2. The molecule has 3 nitrogen and oxygen atoms in total. The van der Waals surface area contributed by atoms with Crippen LogP contribution in [0.25, 0.3) is 0 Å². The van der Waals surface area contributed by atoms with E-state index >= 15 is 0 Å². The van der Waals surface area contributed by atoms with Gasteiger partial charge < -0.3 is 14.8 Å². The van der Waals surface area contributed by atoms with Crippen LogP contribution >= 0.6 is 0 Å². The molecule has 1 aliphatic heterocycles. The second-order valence-electron chi connectivity index (χ2n) is 3.91. The topological polar surface area (TPSA) is 30.5 Å². The van der Waals surface area contributed by atoms with Gasteiger partial charge in [-0.25, -0.2) is 4.39 Å². The molecule has 1 saturated heterocycles. The largest absolute Gasteiger partial charge is 0.497 e. The predicted molar refractivity (Wildman–Crippen MR) is 60.4 cm³/mol. The van der Waals surface area contributed by atoms with Gasteiger partial charge in [-0.05, 0) is 18.9 Å². The van der Waals surface area contributed by atoms with Gasteiger partial charge in [0.2, 0.25) is 0 Å². The van der Waals surface area contributed by atoms with E-state index in [9.17, 15) is 4.39 Å². The van der Waals surface area contributed by atoms with Crippen LogP contribution in [-0.4, -0.2) is 26.4 Å². The molecule has 1 N–H and O–H groups in total. The minimum absolute atomic E-state index is 0.283. The minimum atomic E-state index is -0.283. The highest BCUT2D eigenvalue weighted by Crippen LogP contribution is 2.22. The summed E-state index contributed by atoms with van der Waals surface area (Å²) in [6.45, 7) is 1.54. The van der Waals surface area contributed by atoms with Crippen molar-refractivity contribution in [1.29, 1.82) is 0 Å². The molecule has 0 bridgehead atoms. The van der Waals surface area contributed by atoms with E-state index in [4.69, 9.17) is 9.47 Å². The van der Waals surface area contributed by atoms with Crippen LogP contribution in [0.5, 0.6) is 5.75 Å². The molecule has 1 aromatic rings. The maximum Gasteiger partial charge on any atom is 0.128 e. The lowest BCUT2D eigenvalue weighted by atomic mass is 10.1. The Balaban J connectivity index is 2.04. The molecule has 16 heavy (non-hydrogen) atoms. The molecular weight excluding hydrogens is 209 g/mol. The predicted octanol–water partition coefficient (Wildman–Crippen LogP) is 2.43. The lowest BCUT2D eigenvalue weighted by molar-refractivity contribution is 0.0904. The third-order valence-electron chi connectivity index (χ3n) is 2.70. The van der Waals surface area contributed by atoms with E-state index in [1.807, 2.05) is 0 Å². The Hall–Kier alpha value is -1.29. The zero-order valence-corrected chi connectivity index (χ0v) is 9.33.